The SMILES string of the molecule is CCN1C(=O)N(CCCc2cccnc2)C(=O)C12CCN(C/C=C/c1ccccc1)CC2. The third-order valence-corrected chi connectivity index (χ3v) is 6.66. The molecule has 32 heavy (non-hydrogen) atoms. The van der Waals surface area contributed by atoms with Gasteiger partial charge in [0.25, 0.3) is 5.91 Å². The van der Waals surface area contributed by atoms with E-state index in [1.807, 2.05) is 48.4 Å². The summed E-state index contributed by atoms with van der Waals surface area (Å²) >= 11 is 0. The van der Waals surface area contributed by atoms with Gasteiger partial charge in [-0.05, 0) is 49.8 Å². The smallest absolute Gasteiger partial charge is 0.310 e. The van der Waals surface area contributed by atoms with Crippen LogP contribution in [0, 0.1) is 0 Å². The molecule has 4 rings (SSSR count). The van der Waals surface area contributed by atoms with Gasteiger partial charge < -0.3 is 4.90 Å². The van der Waals surface area contributed by atoms with E-state index in [0.29, 0.717) is 25.9 Å². The molecule has 0 unspecified atom stereocenters. The Morgan fingerprint density at radius 1 is 1.06 bits per heavy atom. The summed E-state index contributed by atoms with van der Waals surface area (Å²) in [7, 11) is 0. The summed E-state index contributed by atoms with van der Waals surface area (Å²) in [6.45, 7) is 5.50. The van der Waals surface area contributed by atoms with Crippen LogP contribution in [0.2, 0.25) is 0 Å². The Kier molecular flexibility index (Phi) is 7.00. The number of benzene rings is 1. The summed E-state index contributed by atoms with van der Waals surface area (Å²) in [6.07, 6.45) is 10.9. The van der Waals surface area contributed by atoms with Gasteiger partial charge in [0.1, 0.15) is 5.54 Å². The quantitative estimate of drug-likeness (QED) is 0.595. The van der Waals surface area contributed by atoms with Gasteiger partial charge in [-0.15, -0.1) is 0 Å². The van der Waals surface area contributed by atoms with E-state index in [1.54, 1.807) is 6.20 Å². The number of imide groups is 1. The van der Waals surface area contributed by atoms with Gasteiger partial charge in [0.15, 0.2) is 0 Å². The van der Waals surface area contributed by atoms with Crippen molar-refractivity contribution in [3.63, 3.8) is 0 Å². The first-order valence-electron chi connectivity index (χ1n) is 11.6. The van der Waals surface area contributed by atoms with Gasteiger partial charge >= 0.3 is 6.03 Å². The van der Waals surface area contributed by atoms with Crippen molar-refractivity contribution in [1.29, 1.82) is 0 Å². The normalized spacial score (nSPS) is 18.9. The zero-order chi connectivity index (χ0) is 22.4. The first-order chi connectivity index (χ1) is 15.6. The second-order valence-corrected chi connectivity index (χ2v) is 8.59. The lowest BCUT2D eigenvalue weighted by molar-refractivity contribution is -0.135. The summed E-state index contributed by atoms with van der Waals surface area (Å²) < 4.78 is 0. The highest BCUT2D eigenvalue weighted by Crippen LogP contribution is 2.37. The Balaban J connectivity index is 1.34. The molecule has 2 aromatic rings. The number of carbonyl (C=O) groups excluding carboxylic acids is 2. The largest absolute Gasteiger partial charge is 0.327 e. The Morgan fingerprint density at radius 2 is 1.84 bits per heavy atom. The van der Waals surface area contributed by atoms with Crippen molar-refractivity contribution in [2.45, 2.75) is 38.1 Å². The molecule has 2 saturated heterocycles. The molecule has 2 fully saturated rings. The molecule has 0 atom stereocenters. The van der Waals surface area contributed by atoms with Crippen LogP contribution in [0.15, 0.2) is 60.9 Å². The topological polar surface area (TPSA) is 56.8 Å². The fourth-order valence-electron chi connectivity index (χ4n) is 4.90. The summed E-state index contributed by atoms with van der Waals surface area (Å²) in [6, 6.07) is 14.1. The van der Waals surface area contributed by atoms with Crippen molar-refractivity contribution in [2.24, 2.45) is 0 Å². The predicted octanol–water partition coefficient (Wildman–Crippen LogP) is 3.85. The van der Waals surface area contributed by atoms with E-state index in [9.17, 15) is 9.59 Å². The number of hydrogen-bond acceptors (Lipinski definition) is 4. The zero-order valence-electron chi connectivity index (χ0n) is 18.8. The maximum absolute atomic E-state index is 13.4. The first kappa shape index (κ1) is 22.2. The van der Waals surface area contributed by atoms with Crippen molar-refractivity contribution >= 4 is 18.0 Å². The number of aromatic nitrogens is 1. The van der Waals surface area contributed by atoms with Crippen LogP contribution in [-0.4, -0.2) is 69.9 Å². The predicted molar refractivity (Wildman–Crippen MR) is 126 cm³/mol. The second kappa shape index (κ2) is 10.1. The van der Waals surface area contributed by atoms with Crippen LogP contribution >= 0.6 is 0 Å². The van der Waals surface area contributed by atoms with Crippen LogP contribution in [0.4, 0.5) is 4.79 Å². The highest BCUT2D eigenvalue weighted by atomic mass is 16.2. The summed E-state index contributed by atoms with van der Waals surface area (Å²) in [5, 5.41) is 0. The number of carbonyl (C=O) groups is 2. The van der Waals surface area contributed by atoms with Crippen LogP contribution in [-0.2, 0) is 11.2 Å². The molecule has 168 valence electrons. The number of hydrogen-bond donors (Lipinski definition) is 0. The number of urea groups is 1. The molecule has 1 aromatic carbocycles. The van der Waals surface area contributed by atoms with Crippen molar-refractivity contribution in [3.8, 4) is 0 Å². The molecule has 2 aliphatic heterocycles. The third-order valence-electron chi connectivity index (χ3n) is 6.66. The fraction of sp³-hybridized carbons (Fsp3) is 0.423. The number of likely N-dealkylation sites (tertiary alicyclic amines) is 1. The number of pyridine rings is 1. The summed E-state index contributed by atoms with van der Waals surface area (Å²) in [5.41, 5.74) is 1.65. The standard InChI is InChI=1S/C26H32N4O2/c1-2-30-25(32)29(18-8-13-23-11-6-16-27-21-23)24(31)26(30)14-19-28(20-15-26)17-7-12-22-9-4-3-5-10-22/h3-7,9-12,16,21H,2,8,13-15,17-20H2,1H3/b12-7+. The Morgan fingerprint density at radius 3 is 2.53 bits per heavy atom. The van der Waals surface area contributed by atoms with Gasteiger partial charge in [-0.2, -0.15) is 0 Å². The highest BCUT2D eigenvalue weighted by Gasteiger charge is 2.56. The summed E-state index contributed by atoms with van der Waals surface area (Å²) in [5.74, 6) is -0.00462. The minimum absolute atomic E-state index is 0.00462. The third kappa shape index (κ3) is 4.60. The van der Waals surface area contributed by atoms with Crippen LogP contribution in [0.3, 0.4) is 0 Å². The zero-order valence-corrected chi connectivity index (χ0v) is 18.8. The van der Waals surface area contributed by atoms with Gasteiger partial charge in [-0.25, -0.2) is 4.79 Å². The maximum atomic E-state index is 13.4. The Labute approximate surface area is 190 Å². The second-order valence-electron chi connectivity index (χ2n) is 8.59. The van der Waals surface area contributed by atoms with E-state index in [2.05, 4.69) is 34.2 Å². The molecule has 0 saturated carbocycles. The van der Waals surface area contributed by atoms with E-state index in [4.69, 9.17) is 0 Å². The van der Waals surface area contributed by atoms with Gasteiger partial charge in [0, 0.05) is 45.1 Å². The number of rotatable bonds is 8. The lowest BCUT2D eigenvalue weighted by Gasteiger charge is -2.41. The molecular weight excluding hydrogens is 400 g/mol. The number of likely N-dealkylation sites (N-methyl/N-ethyl adjacent to an activating group) is 1. The molecule has 2 aliphatic rings. The average Bonchev–Trinajstić information content (AvgIpc) is 3.02. The van der Waals surface area contributed by atoms with E-state index in [-0.39, 0.29) is 11.9 Å². The molecule has 3 amide bonds. The van der Waals surface area contributed by atoms with Gasteiger partial charge in [0.2, 0.25) is 0 Å². The average molecular weight is 433 g/mol. The molecule has 0 radical (unpaired) electrons. The molecular formula is C26H32N4O2. The van der Waals surface area contributed by atoms with Crippen LogP contribution in [0.25, 0.3) is 6.08 Å². The number of nitrogens with zero attached hydrogens (tertiary/aromatic N) is 4. The van der Waals surface area contributed by atoms with Crippen molar-refractivity contribution in [1.82, 2.24) is 19.7 Å². The monoisotopic (exact) mass is 432 g/mol. The molecule has 0 bridgehead atoms. The highest BCUT2D eigenvalue weighted by molar-refractivity contribution is 6.07. The van der Waals surface area contributed by atoms with Crippen molar-refractivity contribution < 1.29 is 9.59 Å². The lowest BCUT2D eigenvalue weighted by atomic mass is 9.85. The molecule has 6 nitrogen and oxygen atoms in total. The molecule has 1 aromatic heterocycles. The van der Waals surface area contributed by atoms with E-state index >= 15 is 0 Å². The van der Waals surface area contributed by atoms with E-state index < -0.39 is 5.54 Å². The van der Waals surface area contributed by atoms with Crippen molar-refractivity contribution in [3.05, 3.63) is 72.1 Å². The number of piperidine rings is 1. The van der Waals surface area contributed by atoms with Gasteiger partial charge in [-0.1, -0.05) is 48.6 Å². The van der Waals surface area contributed by atoms with E-state index in [0.717, 1.165) is 38.0 Å². The summed E-state index contributed by atoms with van der Waals surface area (Å²) in [4.78, 5) is 36.3. The van der Waals surface area contributed by atoms with Gasteiger partial charge in [-0.3, -0.25) is 19.6 Å². The van der Waals surface area contributed by atoms with Crippen LogP contribution in [0.5, 0.6) is 0 Å². The minimum Gasteiger partial charge on any atom is -0.310 e. The van der Waals surface area contributed by atoms with Crippen LogP contribution in [0.1, 0.15) is 37.3 Å². The van der Waals surface area contributed by atoms with Crippen molar-refractivity contribution in [2.75, 3.05) is 32.7 Å². The number of amides is 3. The molecule has 0 N–H and O–H groups in total. The lowest BCUT2D eigenvalue weighted by Crippen LogP contribution is -2.56. The fourth-order valence-corrected chi connectivity index (χ4v) is 4.90. The van der Waals surface area contributed by atoms with E-state index in [1.165, 1.54) is 10.5 Å². The maximum Gasteiger partial charge on any atom is 0.327 e. The molecule has 0 aliphatic carbocycles. The molecule has 6 heteroatoms. The molecule has 1 spiro atoms. The first-order valence-corrected chi connectivity index (χ1v) is 11.6. The number of aryl methyl sites for hydroxylation is 1. The Hall–Kier alpha value is -2.99. The minimum atomic E-state index is -0.667. The van der Waals surface area contributed by atoms with Crippen LogP contribution < -0.4 is 0 Å². The molecule has 3 heterocycles. The Bertz CT molecular complexity index is 937. The van der Waals surface area contributed by atoms with Gasteiger partial charge in [0.05, 0.1) is 0 Å².